The highest BCUT2D eigenvalue weighted by molar-refractivity contribution is 5.25. The molecule has 0 aliphatic carbocycles. The Morgan fingerprint density at radius 3 is 2.71 bits per heavy atom. The Hall–Kier alpha value is -1.20. The van der Waals surface area contributed by atoms with Crippen LogP contribution in [0.25, 0.3) is 0 Å². The van der Waals surface area contributed by atoms with Crippen LogP contribution in [0.15, 0.2) is 10.5 Å². The van der Waals surface area contributed by atoms with Gasteiger partial charge in [0.25, 0.3) is 0 Å². The van der Waals surface area contributed by atoms with Gasteiger partial charge in [0.1, 0.15) is 11.5 Å². The first kappa shape index (κ1) is 10.9. The third-order valence-electron chi connectivity index (χ3n) is 2.23. The third kappa shape index (κ3) is 2.40. The Balaban J connectivity index is 2.87. The Labute approximate surface area is 85.7 Å². The molecule has 2 heteroatoms. The lowest BCUT2D eigenvalue weighted by Crippen LogP contribution is -2.20. The van der Waals surface area contributed by atoms with E-state index in [4.69, 9.17) is 10.8 Å². The van der Waals surface area contributed by atoms with Crippen molar-refractivity contribution in [2.75, 3.05) is 6.54 Å². The molecule has 1 rings (SSSR count). The van der Waals surface area contributed by atoms with Crippen LogP contribution < -0.4 is 5.32 Å². The summed E-state index contributed by atoms with van der Waals surface area (Å²) in [5.74, 6) is 4.59. The first-order chi connectivity index (χ1) is 6.69. The molecule has 0 aromatic carbocycles. The van der Waals surface area contributed by atoms with E-state index in [1.54, 1.807) is 0 Å². The monoisotopic (exact) mass is 191 g/mol. The summed E-state index contributed by atoms with van der Waals surface area (Å²) in [7, 11) is 0. The molecule has 0 saturated heterocycles. The topological polar surface area (TPSA) is 25.2 Å². The second kappa shape index (κ2) is 4.88. The van der Waals surface area contributed by atoms with Crippen LogP contribution in [0.4, 0.5) is 0 Å². The van der Waals surface area contributed by atoms with Crippen LogP contribution >= 0.6 is 0 Å². The molecule has 0 aliphatic rings. The summed E-state index contributed by atoms with van der Waals surface area (Å²) >= 11 is 0. The van der Waals surface area contributed by atoms with Gasteiger partial charge in [-0.2, -0.15) is 0 Å². The van der Waals surface area contributed by atoms with E-state index >= 15 is 0 Å². The normalized spacial score (nSPS) is 12.4. The Bertz CT molecular complexity index is 333. The average molecular weight is 191 g/mol. The molecular weight excluding hydrogens is 174 g/mol. The third-order valence-corrected chi connectivity index (χ3v) is 2.23. The summed E-state index contributed by atoms with van der Waals surface area (Å²) in [6, 6.07) is 2.28. The van der Waals surface area contributed by atoms with Gasteiger partial charge < -0.3 is 9.73 Å². The predicted molar refractivity (Wildman–Crippen MR) is 58.0 cm³/mol. The largest absolute Gasteiger partial charge is 0.466 e. The van der Waals surface area contributed by atoms with Crippen molar-refractivity contribution < 1.29 is 4.42 Å². The molecule has 0 aliphatic heterocycles. The number of rotatable bonds is 4. The lowest BCUT2D eigenvalue weighted by molar-refractivity contribution is 0.487. The number of nitrogens with one attached hydrogen (secondary N) is 1. The van der Waals surface area contributed by atoms with Gasteiger partial charge in [-0.05, 0) is 26.5 Å². The van der Waals surface area contributed by atoms with Crippen molar-refractivity contribution in [2.24, 2.45) is 0 Å². The maximum Gasteiger partial charge on any atom is 0.105 e. The zero-order valence-electron chi connectivity index (χ0n) is 9.05. The molecule has 1 atom stereocenters. The summed E-state index contributed by atoms with van der Waals surface area (Å²) in [6.45, 7) is 6.92. The van der Waals surface area contributed by atoms with Crippen LogP contribution in [0, 0.1) is 26.2 Å². The Morgan fingerprint density at radius 2 is 2.29 bits per heavy atom. The molecule has 0 radical (unpaired) electrons. The maximum absolute atomic E-state index is 5.48. The molecule has 1 heterocycles. The first-order valence-corrected chi connectivity index (χ1v) is 4.92. The van der Waals surface area contributed by atoms with Crippen molar-refractivity contribution in [1.82, 2.24) is 5.32 Å². The van der Waals surface area contributed by atoms with Gasteiger partial charge in [-0.1, -0.05) is 6.92 Å². The van der Waals surface area contributed by atoms with Crippen LogP contribution in [0.2, 0.25) is 0 Å². The number of terminal acetylenes is 1. The number of hydrogen-bond donors (Lipinski definition) is 1. The van der Waals surface area contributed by atoms with Gasteiger partial charge >= 0.3 is 0 Å². The highest BCUT2D eigenvalue weighted by atomic mass is 16.3. The van der Waals surface area contributed by atoms with E-state index in [2.05, 4.69) is 24.2 Å². The molecule has 1 aromatic heterocycles. The van der Waals surface area contributed by atoms with Crippen molar-refractivity contribution in [3.8, 4) is 12.3 Å². The minimum Gasteiger partial charge on any atom is -0.466 e. The molecule has 0 bridgehead atoms. The van der Waals surface area contributed by atoms with Crippen molar-refractivity contribution in [3.63, 3.8) is 0 Å². The molecule has 0 fully saturated rings. The molecule has 0 spiro atoms. The van der Waals surface area contributed by atoms with E-state index in [9.17, 15) is 0 Å². The highest BCUT2D eigenvalue weighted by Crippen LogP contribution is 2.23. The van der Waals surface area contributed by atoms with Crippen molar-refractivity contribution in [2.45, 2.75) is 33.2 Å². The molecule has 2 nitrogen and oxygen atoms in total. The smallest absolute Gasteiger partial charge is 0.105 e. The molecule has 0 amide bonds. The average Bonchev–Trinajstić information content (AvgIpc) is 2.45. The van der Waals surface area contributed by atoms with E-state index in [1.165, 1.54) is 5.56 Å². The molecular formula is C12H17NO. The summed E-state index contributed by atoms with van der Waals surface area (Å²) < 4.78 is 5.48. The zero-order valence-corrected chi connectivity index (χ0v) is 9.05. The van der Waals surface area contributed by atoms with Crippen LogP contribution in [-0.2, 0) is 0 Å². The maximum atomic E-state index is 5.48. The Morgan fingerprint density at radius 1 is 1.57 bits per heavy atom. The molecule has 1 unspecified atom stereocenters. The second-order valence-corrected chi connectivity index (χ2v) is 3.39. The molecule has 14 heavy (non-hydrogen) atoms. The van der Waals surface area contributed by atoms with Crippen LogP contribution in [0.5, 0.6) is 0 Å². The highest BCUT2D eigenvalue weighted by Gasteiger charge is 2.14. The van der Waals surface area contributed by atoms with Gasteiger partial charge in [-0.25, -0.2) is 0 Å². The van der Waals surface area contributed by atoms with Gasteiger partial charge in [0.05, 0.1) is 0 Å². The van der Waals surface area contributed by atoms with Gasteiger partial charge in [0.15, 0.2) is 0 Å². The summed E-state index contributed by atoms with van der Waals surface area (Å²) in [5.41, 5.74) is 1.18. The minimum absolute atomic E-state index is 0.224. The summed E-state index contributed by atoms with van der Waals surface area (Å²) in [5, 5.41) is 3.35. The SMILES string of the molecule is C#CCC(NCC)c1cc(C)oc1C. The summed E-state index contributed by atoms with van der Waals surface area (Å²) in [6.07, 6.45) is 6.04. The number of furan rings is 1. The van der Waals surface area contributed by atoms with E-state index < -0.39 is 0 Å². The van der Waals surface area contributed by atoms with E-state index in [0.29, 0.717) is 6.42 Å². The molecule has 1 aromatic rings. The van der Waals surface area contributed by atoms with E-state index in [-0.39, 0.29) is 6.04 Å². The fraction of sp³-hybridized carbons (Fsp3) is 0.500. The molecule has 76 valence electrons. The fourth-order valence-electron chi connectivity index (χ4n) is 1.65. The van der Waals surface area contributed by atoms with Crippen LogP contribution in [0.3, 0.4) is 0 Å². The van der Waals surface area contributed by atoms with Gasteiger partial charge in [-0.15, -0.1) is 12.3 Å². The van der Waals surface area contributed by atoms with Crippen molar-refractivity contribution >= 4 is 0 Å². The molecule has 1 N–H and O–H groups in total. The number of hydrogen-bond acceptors (Lipinski definition) is 2. The van der Waals surface area contributed by atoms with Crippen LogP contribution in [0.1, 0.15) is 36.5 Å². The lowest BCUT2D eigenvalue weighted by atomic mass is 10.0. The quantitative estimate of drug-likeness (QED) is 0.740. The van der Waals surface area contributed by atoms with Crippen molar-refractivity contribution in [3.05, 3.63) is 23.2 Å². The van der Waals surface area contributed by atoms with Gasteiger partial charge in [0, 0.05) is 18.0 Å². The van der Waals surface area contributed by atoms with Crippen LogP contribution in [-0.4, -0.2) is 6.54 Å². The first-order valence-electron chi connectivity index (χ1n) is 4.92. The minimum atomic E-state index is 0.224. The van der Waals surface area contributed by atoms with Gasteiger partial charge in [-0.3, -0.25) is 0 Å². The number of aryl methyl sites for hydroxylation is 2. The lowest BCUT2D eigenvalue weighted by Gasteiger charge is -2.13. The van der Waals surface area contributed by atoms with E-state index in [1.807, 2.05) is 13.8 Å². The zero-order chi connectivity index (χ0) is 10.6. The predicted octanol–water partition coefficient (Wildman–Crippen LogP) is 2.57. The van der Waals surface area contributed by atoms with Crippen molar-refractivity contribution in [1.29, 1.82) is 0 Å². The molecule has 0 saturated carbocycles. The summed E-state index contributed by atoms with van der Waals surface area (Å²) in [4.78, 5) is 0. The Kier molecular flexibility index (Phi) is 3.79. The standard InChI is InChI=1S/C12H17NO/c1-5-7-12(13-6-2)11-8-9(3)14-10(11)4/h1,8,12-13H,6-7H2,2-4H3. The fourth-order valence-corrected chi connectivity index (χ4v) is 1.65. The van der Waals surface area contributed by atoms with Gasteiger partial charge in [0.2, 0.25) is 0 Å². The van der Waals surface area contributed by atoms with E-state index in [0.717, 1.165) is 18.1 Å². The second-order valence-electron chi connectivity index (χ2n) is 3.39.